The minimum absolute atomic E-state index is 0.366. The third-order valence-corrected chi connectivity index (χ3v) is 1.98. The summed E-state index contributed by atoms with van der Waals surface area (Å²) < 4.78 is 36.6. The van der Waals surface area contributed by atoms with Crippen LogP contribution in [0.3, 0.4) is 0 Å². The van der Waals surface area contributed by atoms with Gasteiger partial charge in [-0.1, -0.05) is 36.9 Å². The fourth-order valence-electron chi connectivity index (χ4n) is 1.08. The molecule has 3 heteroatoms. The third kappa shape index (κ3) is 3.27. The maximum absolute atomic E-state index is 12.2. The number of hydrogen-bond acceptors (Lipinski definition) is 0. The quantitative estimate of drug-likeness (QED) is 0.644. The van der Waals surface area contributed by atoms with Crippen LogP contribution in [0.2, 0.25) is 0 Å². The van der Waals surface area contributed by atoms with Gasteiger partial charge in [-0.25, -0.2) is 0 Å². The standard InChI is InChI=1S/C12H11F3/c1-9(8-10(2)12(13,14)15)11-6-4-3-5-7-11/h3-8H,1H2,2H3/b10-8+. The van der Waals surface area contributed by atoms with Gasteiger partial charge in [-0.05, 0) is 24.1 Å². The van der Waals surface area contributed by atoms with Crippen molar-refractivity contribution >= 4 is 5.57 Å². The number of hydrogen-bond donors (Lipinski definition) is 0. The molecule has 1 aromatic rings. The maximum Gasteiger partial charge on any atom is 0.412 e. The average molecular weight is 212 g/mol. The van der Waals surface area contributed by atoms with E-state index >= 15 is 0 Å². The number of allylic oxidation sites excluding steroid dienone is 3. The molecule has 0 heterocycles. The summed E-state index contributed by atoms with van der Waals surface area (Å²) in [5.41, 5.74) is 0.419. The number of rotatable bonds is 2. The minimum atomic E-state index is -4.28. The van der Waals surface area contributed by atoms with Crippen LogP contribution in [0.1, 0.15) is 12.5 Å². The van der Waals surface area contributed by atoms with E-state index in [1.807, 2.05) is 0 Å². The smallest absolute Gasteiger partial charge is 0.166 e. The van der Waals surface area contributed by atoms with Gasteiger partial charge in [0.1, 0.15) is 0 Å². The lowest BCUT2D eigenvalue weighted by molar-refractivity contribution is -0.0912. The molecule has 0 aromatic heterocycles. The van der Waals surface area contributed by atoms with Crippen molar-refractivity contribution in [2.24, 2.45) is 0 Å². The van der Waals surface area contributed by atoms with Crippen LogP contribution >= 0.6 is 0 Å². The molecule has 0 aliphatic rings. The molecule has 0 nitrogen and oxygen atoms in total. The van der Waals surface area contributed by atoms with Crippen LogP contribution < -0.4 is 0 Å². The van der Waals surface area contributed by atoms with E-state index in [9.17, 15) is 13.2 Å². The second kappa shape index (κ2) is 4.34. The van der Waals surface area contributed by atoms with Gasteiger partial charge in [-0.3, -0.25) is 0 Å². The van der Waals surface area contributed by atoms with E-state index in [2.05, 4.69) is 6.58 Å². The molecule has 0 saturated carbocycles. The van der Waals surface area contributed by atoms with Gasteiger partial charge < -0.3 is 0 Å². The maximum atomic E-state index is 12.2. The van der Waals surface area contributed by atoms with Crippen molar-refractivity contribution in [2.75, 3.05) is 0 Å². The predicted molar refractivity (Wildman–Crippen MR) is 55.3 cm³/mol. The Hall–Kier alpha value is -1.51. The molecular formula is C12H11F3. The van der Waals surface area contributed by atoms with Crippen molar-refractivity contribution < 1.29 is 13.2 Å². The van der Waals surface area contributed by atoms with Crippen molar-refractivity contribution in [3.63, 3.8) is 0 Å². The Morgan fingerprint density at radius 3 is 2.20 bits per heavy atom. The van der Waals surface area contributed by atoms with E-state index in [1.54, 1.807) is 30.3 Å². The summed E-state index contributed by atoms with van der Waals surface area (Å²) >= 11 is 0. The van der Waals surface area contributed by atoms with Crippen LogP contribution in [-0.2, 0) is 0 Å². The Kier molecular flexibility index (Phi) is 3.35. The van der Waals surface area contributed by atoms with E-state index in [0.29, 0.717) is 11.1 Å². The highest BCUT2D eigenvalue weighted by Gasteiger charge is 2.29. The number of alkyl halides is 3. The van der Waals surface area contributed by atoms with Crippen molar-refractivity contribution in [2.45, 2.75) is 13.1 Å². The molecule has 15 heavy (non-hydrogen) atoms. The van der Waals surface area contributed by atoms with Crippen LogP contribution in [-0.4, -0.2) is 6.18 Å². The van der Waals surface area contributed by atoms with Crippen LogP contribution in [0.25, 0.3) is 5.57 Å². The molecule has 0 atom stereocenters. The summed E-state index contributed by atoms with van der Waals surface area (Å²) in [7, 11) is 0. The number of halogens is 3. The lowest BCUT2D eigenvalue weighted by atomic mass is 10.1. The van der Waals surface area contributed by atoms with Gasteiger partial charge in [0, 0.05) is 5.57 Å². The Labute approximate surface area is 86.7 Å². The molecule has 0 N–H and O–H groups in total. The van der Waals surface area contributed by atoms with E-state index in [0.717, 1.165) is 13.0 Å². The first-order valence-electron chi connectivity index (χ1n) is 4.41. The summed E-state index contributed by atoms with van der Waals surface area (Å²) in [6.07, 6.45) is -3.23. The van der Waals surface area contributed by atoms with Gasteiger partial charge in [-0.2, -0.15) is 13.2 Å². The molecule has 0 amide bonds. The average Bonchev–Trinajstić information content (AvgIpc) is 2.17. The van der Waals surface area contributed by atoms with E-state index < -0.39 is 11.7 Å². The van der Waals surface area contributed by atoms with Gasteiger partial charge in [0.15, 0.2) is 0 Å². The molecule has 80 valence electrons. The van der Waals surface area contributed by atoms with Gasteiger partial charge in [-0.15, -0.1) is 0 Å². The molecule has 0 unspecified atom stereocenters. The molecular weight excluding hydrogens is 201 g/mol. The second-order valence-electron chi connectivity index (χ2n) is 3.22. The largest absolute Gasteiger partial charge is 0.412 e. The zero-order valence-electron chi connectivity index (χ0n) is 8.31. The van der Waals surface area contributed by atoms with E-state index in [4.69, 9.17) is 0 Å². The SMILES string of the molecule is C=C(/C=C(\C)C(F)(F)F)c1ccccc1. The minimum Gasteiger partial charge on any atom is -0.166 e. The van der Waals surface area contributed by atoms with Crippen LogP contribution in [0.5, 0.6) is 0 Å². The molecule has 0 spiro atoms. The van der Waals surface area contributed by atoms with Gasteiger partial charge in [0.05, 0.1) is 0 Å². The summed E-state index contributed by atoms with van der Waals surface area (Å²) in [5, 5.41) is 0. The first kappa shape index (κ1) is 11.6. The molecule has 0 aliphatic heterocycles. The summed E-state index contributed by atoms with van der Waals surface area (Å²) in [6.45, 7) is 4.64. The first-order valence-corrected chi connectivity index (χ1v) is 4.41. The zero-order valence-corrected chi connectivity index (χ0v) is 8.31. The van der Waals surface area contributed by atoms with Crippen molar-refractivity contribution in [3.8, 4) is 0 Å². The van der Waals surface area contributed by atoms with Gasteiger partial charge in [0.2, 0.25) is 0 Å². The van der Waals surface area contributed by atoms with Crippen LogP contribution in [0.15, 0.2) is 48.6 Å². The third-order valence-electron chi connectivity index (χ3n) is 1.98. The molecule has 0 aliphatic carbocycles. The molecule has 0 radical (unpaired) electrons. The summed E-state index contributed by atoms with van der Waals surface area (Å²) in [5.74, 6) is 0. The van der Waals surface area contributed by atoms with Crippen molar-refractivity contribution in [3.05, 3.63) is 54.1 Å². The molecule has 0 bridgehead atoms. The Morgan fingerprint density at radius 2 is 1.73 bits per heavy atom. The summed E-state index contributed by atoms with van der Waals surface area (Å²) in [4.78, 5) is 0. The number of benzene rings is 1. The molecule has 0 fully saturated rings. The Balaban J connectivity index is 2.90. The zero-order chi connectivity index (χ0) is 11.5. The normalized spacial score (nSPS) is 12.7. The fraction of sp³-hybridized carbons (Fsp3) is 0.167. The van der Waals surface area contributed by atoms with Crippen LogP contribution in [0.4, 0.5) is 13.2 Å². The van der Waals surface area contributed by atoms with Crippen molar-refractivity contribution in [1.29, 1.82) is 0 Å². The summed E-state index contributed by atoms with van der Waals surface area (Å²) in [6, 6.07) is 8.77. The van der Waals surface area contributed by atoms with Crippen LogP contribution in [0, 0.1) is 0 Å². The highest BCUT2D eigenvalue weighted by atomic mass is 19.4. The molecule has 1 aromatic carbocycles. The van der Waals surface area contributed by atoms with Gasteiger partial charge in [0.25, 0.3) is 0 Å². The van der Waals surface area contributed by atoms with E-state index in [-0.39, 0.29) is 0 Å². The van der Waals surface area contributed by atoms with E-state index in [1.165, 1.54) is 0 Å². The van der Waals surface area contributed by atoms with Gasteiger partial charge >= 0.3 is 6.18 Å². The predicted octanol–water partition coefficient (Wildman–Crippen LogP) is 4.21. The Bertz CT molecular complexity index is 372. The topological polar surface area (TPSA) is 0 Å². The fourth-order valence-corrected chi connectivity index (χ4v) is 1.08. The molecule has 1 rings (SSSR count). The molecule has 0 saturated heterocycles. The monoisotopic (exact) mass is 212 g/mol. The second-order valence-corrected chi connectivity index (χ2v) is 3.22. The highest BCUT2D eigenvalue weighted by molar-refractivity contribution is 5.72. The Morgan fingerprint density at radius 1 is 1.20 bits per heavy atom. The van der Waals surface area contributed by atoms with Crippen molar-refractivity contribution in [1.82, 2.24) is 0 Å². The first-order chi connectivity index (χ1) is 6.91. The highest BCUT2D eigenvalue weighted by Crippen LogP contribution is 2.27. The lowest BCUT2D eigenvalue weighted by Gasteiger charge is -2.07. The lowest BCUT2D eigenvalue weighted by Crippen LogP contribution is -2.08.